The molecule has 2 N–H and O–H groups in total. The number of carbonyl (C=O) groups excluding carboxylic acids is 1. The highest BCUT2D eigenvalue weighted by Gasteiger charge is 2.47. The Bertz CT molecular complexity index is 1070. The number of anilines is 2. The Morgan fingerprint density at radius 3 is 2.38 bits per heavy atom. The van der Waals surface area contributed by atoms with Crippen LogP contribution in [0.4, 0.5) is 16.4 Å². The molecule has 0 aromatic carbocycles. The van der Waals surface area contributed by atoms with E-state index in [1.807, 2.05) is 48.5 Å². The second-order valence-electron chi connectivity index (χ2n) is 8.27. The van der Waals surface area contributed by atoms with Gasteiger partial charge in [0.05, 0.1) is 12.2 Å². The predicted octanol–water partition coefficient (Wildman–Crippen LogP) is 3.63. The first-order valence-corrected chi connectivity index (χ1v) is 11.1. The third kappa shape index (κ3) is 5.45. The molecule has 3 aromatic rings. The Morgan fingerprint density at radius 2 is 1.76 bits per heavy atom. The molecule has 0 radical (unpaired) electrons. The van der Waals surface area contributed by atoms with Crippen molar-refractivity contribution >= 4 is 24.2 Å². The molecule has 2 fully saturated rings. The molecule has 0 bridgehead atoms. The lowest BCUT2D eigenvalue weighted by Crippen LogP contribution is -2.39. The molecular weight excluding hydrogens is 436 g/mol. The lowest BCUT2D eigenvalue weighted by Gasteiger charge is -2.35. The third-order valence-corrected chi connectivity index (χ3v) is 6.08. The molecule has 1 saturated carbocycles. The van der Waals surface area contributed by atoms with E-state index in [9.17, 15) is 4.79 Å². The second-order valence-corrected chi connectivity index (χ2v) is 8.27. The van der Waals surface area contributed by atoms with E-state index in [0.29, 0.717) is 18.3 Å². The van der Waals surface area contributed by atoms with Crippen LogP contribution in [0.1, 0.15) is 25.7 Å². The van der Waals surface area contributed by atoms with Gasteiger partial charge < -0.3 is 15.2 Å². The first kappa shape index (κ1) is 23.1. The van der Waals surface area contributed by atoms with Crippen LogP contribution in [0.2, 0.25) is 0 Å². The molecule has 1 saturated heterocycles. The summed E-state index contributed by atoms with van der Waals surface area (Å²) >= 11 is 0. The van der Waals surface area contributed by atoms with E-state index in [-0.39, 0.29) is 12.6 Å². The summed E-state index contributed by atoms with van der Waals surface area (Å²) in [5.41, 5.74) is 1.17. The van der Waals surface area contributed by atoms with Gasteiger partial charge in [-0.3, -0.25) is 14.7 Å². The number of amides is 1. The fourth-order valence-electron chi connectivity index (χ4n) is 4.31. The summed E-state index contributed by atoms with van der Waals surface area (Å²) < 4.78 is 5.82. The molecule has 0 atom stereocenters. The maximum atomic E-state index is 12.4. The summed E-state index contributed by atoms with van der Waals surface area (Å²) in [6.07, 6.45) is 6.86. The molecule has 5 rings (SSSR count). The average Bonchev–Trinajstić information content (AvgIpc) is 3.21. The fraction of sp³-hybridized carbons (Fsp3) is 0.333. The van der Waals surface area contributed by atoms with Gasteiger partial charge in [0.2, 0.25) is 0 Å². The second kappa shape index (κ2) is 10.7. The Morgan fingerprint density at radius 1 is 1.03 bits per heavy atom. The number of hydrogen-bond acceptors (Lipinski definition) is 8. The van der Waals surface area contributed by atoms with Crippen molar-refractivity contribution in [2.45, 2.75) is 31.3 Å². The first-order chi connectivity index (χ1) is 16.6. The maximum Gasteiger partial charge on any atom is 0.416 e. The highest BCUT2D eigenvalue weighted by Crippen LogP contribution is 2.40. The standard InChI is InChI=1S/C23H24N6O2.CH2O2/c30-22-29(21-6-2-4-14-25-21)16-23(31-22)11-9-17(10-12-23)15-26-20-8-7-19(27-28-20)18-5-1-3-13-24-18;2-1-3/h1-8,13-14,17H,9-12,15-16H2,(H,26,28);1H,(H,2,3). The van der Waals surface area contributed by atoms with Crippen molar-refractivity contribution in [3.8, 4) is 11.4 Å². The number of carbonyl (C=O) groups is 2. The maximum absolute atomic E-state index is 12.4. The van der Waals surface area contributed by atoms with Gasteiger partial charge in [0.25, 0.3) is 6.47 Å². The molecule has 34 heavy (non-hydrogen) atoms. The number of carboxylic acid groups (broad SMARTS) is 1. The monoisotopic (exact) mass is 462 g/mol. The summed E-state index contributed by atoms with van der Waals surface area (Å²) in [6.45, 7) is 1.15. The number of nitrogens with zero attached hydrogens (tertiary/aromatic N) is 5. The van der Waals surface area contributed by atoms with Gasteiger partial charge >= 0.3 is 6.09 Å². The summed E-state index contributed by atoms with van der Waals surface area (Å²) in [5.74, 6) is 1.92. The van der Waals surface area contributed by atoms with Crippen LogP contribution in [0.3, 0.4) is 0 Å². The highest BCUT2D eigenvalue weighted by atomic mass is 16.6. The van der Waals surface area contributed by atoms with Crippen molar-refractivity contribution in [3.05, 3.63) is 60.9 Å². The van der Waals surface area contributed by atoms with Crippen LogP contribution in [-0.4, -0.2) is 56.5 Å². The van der Waals surface area contributed by atoms with Gasteiger partial charge in [0, 0.05) is 18.9 Å². The lowest BCUT2D eigenvalue weighted by atomic mass is 9.78. The predicted molar refractivity (Wildman–Crippen MR) is 125 cm³/mol. The van der Waals surface area contributed by atoms with E-state index in [2.05, 4.69) is 25.5 Å². The first-order valence-electron chi connectivity index (χ1n) is 11.1. The summed E-state index contributed by atoms with van der Waals surface area (Å²) in [7, 11) is 0. The minimum absolute atomic E-state index is 0.250. The molecule has 1 aliphatic carbocycles. The van der Waals surface area contributed by atoms with Gasteiger partial charge in [-0.05, 0) is 68.0 Å². The van der Waals surface area contributed by atoms with Crippen LogP contribution < -0.4 is 10.2 Å². The van der Waals surface area contributed by atoms with Crippen LogP contribution >= 0.6 is 0 Å². The van der Waals surface area contributed by atoms with E-state index in [1.54, 1.807) is 17.3 Å². The van der Waals surface area contributed by atoms with Gasteiger partial charge in [-0.1, -0.05) is 12.1 Å². The quantitative estimate of drug-likeness (QED) is 0.546. The largest absolute Gasteiger partial charge is 0.483 e. The van der Waals surface area contributed by atoms with E-state index in [1.165, 1.54) is 0 Å². The topological polar surface area (TPSA) is 130 Å². The number of nitrogens with one attached hydrogen (secondary N) is 1. The Balaban J connectivity index is 0.000000868. The number of pyridine rings is 2. The molecule has 1 spiro atoms. The Hall–Kier alpha value is -4.08. The molecule has 10 heteroatoms. The molecule has 1 aliphatic heterocycles. The van der Waals surface area contributed by atoms with Crippen LogP contribution in [-0.2, 0) is 9.53 Å². The summed E-state index contributed by atoms with van der Waals surface area (Å²) in [4.78, 5) is 31.0. The highest BCUT2D eigenvalue weighted by molar-refractivity contribution is 5.89. The molecule has 2 aliphatic rings. The lowest BCUT2D eigenvalue weighted by molar-refractivity contribution is -0.122. The normalized spacial score (nSPS) is 21.4. The zero-order valence-electron chi connectivity index (χ0n) is 18.6. The van der Waals surface area contributed by atoms with E-state index >= 15 is 0 Å². The minimum Gasteiger partial charge on any atom is -0.483 e. The van der Waals surface area contributed by atoms with E-state index in [4.69, 9.17) is 14.6 Å². The molecule has 1 amide bonds. The van der Waals surface area contributed by atoms with Gasteiger partial charge in [-0.15, -0.1) is 10.2 Å². The van der Waals surface area contributed by atoms with Crippen molar-refractivity contribution in [1.82, 2.24) is 20.2 Å². The van der Waals surface area contributed by atoms with Crippen molar-refractivity contribution in [1.29, 1.82) is 0 Å². The SMILES string of the molecule is O=C1OC2(CCC(CNc3ccc(-c4ccccn4)nn3)CC2)CN1c1ccccn1.O=CO. The van der Waals surface area contributed by atoms with Crippen LogP contribution in [0.15, 0.2) is 60.9 Å². The fourth-order valence-corrected chi connectivity index (χ4v) is 4.31. The van der Waals surface area contributed by atoms with Crippen LogP contribution in [0.5, 0.6) is 0 Å². The molecule has 4 heterocycles. The van der Waals surface area contributed by atoms with Crippen molar-refractivity contribution < 1.29 is 19.4 Å². The van der Waals surface area contributed by atoms with Crippen molar-refractivity contribution in [2.75, 3.05) is 23.3 Å². The zero-order valence-corrected chi connectivity index (χ0v) is 18.6. The van der Waals surface area contributed by atoms with Gasteiger partial charge in [0.1, 0.15) is 22.9 Å². The smallest absolute Gasteiger partial charge is 0.416 e. The molecular formula is C24H26N6O4. The van der Waals surface area contributed by atoms with Crippen molar-refractivity contribution in [2.24, 2.45) is 5.92 Å². The number of ether oxygens (including phenoxy) is 1. The van der Waals surface area contributed by atoms with Gasteiger partial charge in [-0.2, -0.15) is 0 Å². The molecule has 0 unspecified atom stereocenters. The summed E-state index contributed by atoms with van der Waals surface area (Å²) in [6, 6.07) is 15.2. The van der Waals surface area contributed by atoms with Gasteiger partial charge in [0.15, 0.2) is 0 Å². The Kier molecular flexibility index (Phi) is 7.26. The molecule has 176 valence electrons. The third-order valence-electron chi connectivity index (χ3n) is 6.08. The van der Waals surface area contributed by atoms with Crippen molar-refractivity contribution in [3.63, 3.8) is 0 Å². The molecule has 3 aromatic heterocycles. The minimum atomic E-state index is -0.394. The molecule has 10 nitrogen and oxygen atoms in total. The average molecular weight is 463 g/mol. The number of aromatic nitrogens is 4. The van der Waals surface area contributed by atoms with Gasteiger partial charge in [-0.25, -0.2) is 9.78 Å². The van der Waals surface area contributed by atoms with E-state index < -0.39 is 5.60 Å². The van der Waals surface area contributed by atoms with Crippen LogP contribution in [0, 0.1) is 5.92 Å². The van der Waals surface area contributed by atoms with E-state index in [0.717, 1.165) is 49.4 Å². The van der Waals surface area contributed by atoms with Crippen LogP contribution in [0.25, 0.3) is 11.4 Å². The Labute approximate surface area is 197 Å². The zero-order chi connectivity index (χ0) is 23.8. The summed E-state index contributed by atoms with van der Waals surface area (Å²) in [5, 5.41) is 18.8. The number of rotatable bonds is 5. The number of hydrogen-bond donors (Lipinski definition) is 2.